The van der Waals surface area contributed by atoms with Crippen LogP contribution in [0, 0.1) is 11.8 Å². The van der Waals surface area contributed by atoms with E-state index in [4.69, 9.17) is 9.05 Å². The fraction of sp³-hybridized carbons (Fsp3) is 0.625. The van der Waals surface area contributed by atoms with E-state index in [1.54, 1.807) is 0 Å². The van der Waals surface area contributed by atoms with E-state index in [1.165, 1.54) is 0 Å². The van der Waals surface area contributed by atoms with Gasteiger partial charge in [-0.2, -0.15) is 0 Å². The van der Waals surface area contributed by atoms with Crippen LogP contribution in [-0.2, 0) is 13.6 Å². The van der Waals surface area contributed by atoms with Gasteiger partial charge in [0.2, 0.25) is 0 Å². The highest BCUT2D eigenvalue weighted by molar-refractivity contribution is 7.62. The maximum atomic E-state index is 12.9. The average Bonchev–Trinajstić information content (AvgIpc) is 2.39. The van der Waals surface area contributed by atoms with E-state index in [1.807, 2.05) is 30.3 Å². The predicted octanol–water partition coefficient (Wildman–Crippen LogP) is 4.63. The van der Waals surface area contributed by atoms with Crippen LogP contribution in [0.5, 0.6) is 0 Å². The van der Waals surface area contributed by atoms with Crippen molar-refractivity contribution in [1.82, 2.24) is 0 Å². The summed E-state index contributed by atoms with van der Waals surface area (Å²) >= 11 is 0. The summed E-state index contributed by atoms with van der Waals surface area (Å²) in [6, 6.07) is 9.24. The van der Waals surface area contributed by atoms with Gasteiger partial charge < -0.3 is 9.05 Å². The zero-order valence-electron chi connectivity index (χ0n) is 13.0. The Morgan fingerprint density at radius 2 is 1.35 bits per heavy atom. The third-order valence-corrected chi connectivity index (χ3v) is 4.96. The molecule has 0 spiro atoms. The lowest BCUT2D eigenvalue weighted by molar-refractivity contribution is 0.197. The molecule has 1 aromatic carbocycles. The molecule has 0 N–H and O–H groups in total. The zero-order chi connectivity index (χ0) is 15.0. The van der Waals surface area contributed by atoms with Gasteiger partial charge in [-0.05, 0) is 36.8 Å². The van der Waals surface area contributed by atoms with Crippen LogP contribution in [0.3, 0.4) is 0 Å². The summed E-state index contributed by atoms with van der Waals surface area (Å²) in [5.74, 6) is 1.05. The Morgan fingerprint density at radius 3 is 1.75 bits per heavy atom. The molecule has 0 aliphatic carbocycles. The molecular formula is C16H27O3P. The fourth-order valence-electron chi connectivity index (χ4n) is 1.61. The van der Waals surface area contributed by atoms with E-state index in [-0.39, 0.29) is 0 Å². The molecule has 0 saturated heterocycles. The van der Waals surface area contributed by atoms with Crippen LogP contribution in [0.25, 0.3) is 0 Å². The zero-order valence-corrected chi connectivity index (χ0v) is 13.9. The van der Waals surface area contributed by atoms with E-state index in [0.29, 0.717) is 30.4 Å². The first-order valence-electron chi connectivity index (χ1n) is 7.39. The molecule has 0 heterocycles. The van der Waals surface area contributed by atoms with Gasteiger partial charge in [0, 0.05) is 0 Å². The molecule has 0 amide bonds. The monoisotopic (exact) mass is 298 g/mol. The van der Waals surface area contributed by atoms with Crippen LogP contribution in [0.15, 0.2) is 30.3 Å². The minimum atomic E-state index is -3.18. The van der Waals surface area contributed by atoms with Crippen molar-refractivity contribution < 1.29 is 13.6 Å². The van der Waals surface area contributed by atoms with Crippen molar-refractivity contribution in [3.05, 3.63) is 30.3 Å². The van der Waals surface area contributed by atoms with Crippen molar-refractivity contribution in [3.63, 3.8) is 0 Å². The summed E-state index contributed by atoms with van der Waals surface area (Å²) in [7, 11) is -3.18. The van der Waals surface area contributed by atoms with Crippen LogP contribution in [-0.4, -0.2) is 13.2 Å². The summed E-state index contributed by atoms with van der Waals surface area (Å²) in [5, 5.41) is 0.646. The van der Waals surface area contributed by atoms with Gasteiger partial charge in [0.05, 0.1) is 18.5 Å². The first-order chi connectivity index (χ1) is 9.44. The number of benzene rings is 1. The summed E-state index contributed by atoms with van der Waals surface area (Å²) in [4.78, 5) is 0. The Balaban J connectivity index is 2.70. The molecule has 0 fully saturated rings. The quantitative estimate of drug-likeness (QED) is 0.623. The van der Waals surface area contributed by atoms with Gasteiger partial charge in [0.25, 0.3) is 0 Å². The Morgan fingerprint density at radius 1 is 0.900 bits per heavy atom. The normalized spacial score (nSPS) is 12.3. The molecule has 20 heavy (non-hydrogen) atoms. The maximum Gasteiger partial charge on any atom is 0.361 e. The summed E-state index contributed by atoms with van der Waals surface area (Å²) in [6.07, 6.45) is 1.76. The standard InChI is InChI=1S/C16H27O3P/c1-14(2)10-12-18-20(17,19-13-11-15(3)4)16-8-6-5-7-9-16/h5-9,14-15H,10-13H2,1-4H3. The van der Waals surface area contributed by atoms with Gasteiger partial charge in [0.1, 0.15) is 0 Å². The second-order valence-corrected chi connectivity index (χ2v) is 7.89. The highest BCUT2D eigenvalue weighted by Crippen LogP contribution is 2.47. The molecule has 0 aliphatic heterocycles. The summed E-state index contributed by atoms with van der Waals surface area (Å²) in [5.41, 5.74) is 0. The Bertz CT molecular complexity index is 397. The van der Waals surface area contributed by atoms with Gasteiger partial charge >= 0.3 is 7.60 Å². The summed E-state index contributed by atoms with van der Waals surface area (Å²) in [6.45, 7) is 9.41. The largest absolute Gasteiger partial charge is 0.361 e. The lowest BCUT2D eigenvalue weighted by atomic mass is 10.2. The Labute approximate surface area is 123 Å². The van der Waals surface area contributed by atoms with Gasteiger partial charge in [0.15, 0.2) is 0 Å². The predicted molar refractivity (Wildman–Crippen MR) is 84.5 cm³/mol. The molecule has 0 aliphatic rings. The Hall–Kier alpha value is -0.630. The van der Waals surface area contributed by atoms with Gasteiger partial charge in [-0.15, -0.1) is 0 Å². The lowest BCUT2D eigenvalue weighted by Crippen LogP contribution is -2.12. The first kappa shape index (κ1) is 17.4. The minimum absolute atomic E-state index is 0.464. The van der Waals surface area contributed by atoms with Crippen molar-refractivity contribution >= 4 is 12.9 Å². The number of rotatable bonds is 9. The number of hydrogen-bond donors (Lipinski definition) is 0. The molecule has 0 saturated carbocycles. The van der Waals surface area contributed by atoms with Crippen molar-refractivity contribution in [2.24, 2.45) is 11.8 Å². The van der Waals surface area contributed by atoms with E-state index >= 15 is 0 Å². The third kappa shape index (κ3) is 6.21. The first-order valence-corrected chi connectivity index (χ1v) is 8.93. The summed E-state index contributed by atoms with van der Waals surface area (Å²) < 4.78 is 24.2. The molecule has 1 rings (SSSR count). The second kappa shape index (κ2) is 8.61. The van der Waals surface area contributed by atoms with E-state index < -0.39 is 7.60 Å². The van der Waals surface area contributed by atoms with E-state index in [0.717, 1.165) is 12.8 Å². The fourth-order valence-corrected chi connectivity index (χ4v) is 3.22. The van der Waals surface area contributed by atoms with Crippen LogP contribution < -0.4 is 5.30 Å². The second-order valence-electron chi connectivity index (χ2n) is 5.86. The van der Waals surface area contributed by atoms with Crippen molar-refractivity contribution in [1.29, 1.82) is 0 Å². The molecular weight excluding hydrogens is 271 g/mol. The highest BCUT2D eigenvalue weighted by atomic mass is 31.2. The highest BCUT2D eigenvalue weighted by Gasteiger charge is 2.27. The SMILES string of the molecule is CC(C)CCOP(=O)(OCCC(C)C)c1ccccc1. The van der Waals surface area contributed by atoms with Crippen LogP contribution in [0.2, 0.25) is 0 Å². The molecule has 0 atom stereocenters. The average molecular weight is 298 g/mol. The molecule has 0 radical (unpaired) electrons. The van der Waals surface area contributed by atoms with Crippen molar-refractivity contribution in [3.8, 4) is 0 Å². The lowest BCUT2D eigenvalue weighted by Gasteiger charge is -2.20. The topological polar surface area (TPSA) is 35.5 Å². The smallest absolute Gasteiger partial charge is 0.305 e. The molecule has 114 valence electrons. The van der Waals surface area contributed by atoms with E-state index in [9.17, 15) is 4.57 Å². The molecule has 0 bridgehead atoms. The van der Waals surface area contributed by atoms with Crippen LogP contribution in [0.4, 0.5) is 0 Å². The molecule has 3 nitrogen and oxygen atoms in total. The molecule has 0 unspecified atom stereocenters. The van der Waals surface area contributed by atoms with Crippen LogP contribution in [0.1, 0.15) is 40.5 Å². The third-order valence-electron chi connectivity index (χ3n) is 2.99. The van der Waals surface area contributed by atoms with Gasteiger partial charge in [-0.3, -0.25) is 4.57 Å². The van der Waals surface area contributed by atoms with Crippen molar-refractivity contribution in [2.45, 2.75) is 40.5 Å². The van der Waals surface area contributed by atoms with Crippen molar-refractivity contribution in [2.75, 3.05) is 13.2 Å². The maximum absolute atomic E-state index is 12.9. The molecule has 0 aromatic heterocycles. The van der Waals surface area contributed by atoms with Gasteiger partial charge in [-0.1, -0.05) is 45.9 Å². The molecule has 4 heteroatoms. The van der Waals surface area contributed by atoms with Crippen LogP contribution >= 0.6 is 7.60 Å². The minimum Gasteiger partial charge on any atom is -0.305 e. The van der Waals surface area contributed by atoms with Gasteiger partial charge in [-0.25, -0.2) is 0 Å². The number of hydrogen-bond acceptors (Lipinski definition) is 3. The van der Waals surface area contributed by atoms with E-state index in [2.05, 4.69) is 27.7 Å². The molecule has 1 aromatic rings. The Kier molecular flexibility index (Phi) is 7.50.